The van der Waals surface area contributed by atoms with Crippen LogP contribution < -0.4 is 0 Å². The van der Waals surface area contributed by atoms with Crippen LogP contribution in [0.25, 0.3) is 0 Å². The molecule has 1 aromatic heterocycles. The minimum atomic E-state index is -0.294. The van der Waals surface area contributed by atoms with Gasteiger partial charge in [-0.1, -0.05) is 45.2 Å². The molecule has 176 valence electrons. The summed E-state index contributed by atoms with van der Waals surface area (Å²) in [5.74, 6) is -0.320. The second-order valence-corrected chi connectivity index (χ2v) is 9.49. The minimum Gasteiger partial charge on any atom is -0.332 e. The van der Waals surface area contributed by atoms with Gasteiger partial charge in [0.2, 0.25) is 11.8 Å². The van der Waals surface area contributed by atoms with E-state index in [9.17, 15) is 14.0 Å². The van der Waals surface area contributed by atoms with Gasteiger partial charge in [0, 0.05) is 23.9 Å². The van der Waals surface area contributed by atoms with E-state index < -0.39 is 0 Å². The third-order valence-electron chi connectivity index (χ3n) is 5.94. The Kier molecular flexibility index (Phi) is 10.9. The van der Waals surface area contributed by atoms with Crippen LogP contribution in [0.2, 0.25) is 0 Å². The fourth-order valence-corrected chi connectivity index (χ4v) is 4.51. The molecular weight excluding hydrogens is 423 g/mol. The van der Waals surface area contributed by atoms with Crippen LogP contribution in [0.3, 0.4) is 0 Å². The van der Waals surface area contributed by atoms with Crippen LogP contribution >= 0.6 is 11.3 Å². The summed E-state index contributed by atoms with van der Waals surface area (Å²) in [5, 5.41) is 2.02. The zero-order valence-electron chi connectivity index (χ0n) is 19.9. The number of thiophene rings is 1. The summed E-state index contributed by atoms with van der Waals surface area (Å²) >= 11 is 1.63. The van der Waals surface area contributed by atoms with Gasteiger partial charge < -0.3 is 9.80 Å². The first-order valence-electron chi connectivity index (χ1n) is 11.7. The van der Waals surface area contributed by atoms with E-state index in [-0.39, 0.29) is 30.2 Å². The molecule has 0 bridgehead atoms. The SMILES string of the molecule is CCCCCCC(=O)N(CC(=O)N(Cc1ccc(F)cc1)Cc1sccc1C)C(C)CC. The molecule has 2 rings (SSSR count). The highest BCUT2D eigenvalue weighted by Gasteiger charge is 2.25. The van der Waals surface area contributed by atoms with E-state index in [0.29, 0.717) is 19.5 Å². The second kappa shape index (κ2) is 13.4. The predicted octanol–water partition coefficient (Wildman–Crippen LogP) is 6.32. The fraction of sp³-hybridized carbons (Fsp3) is 0.538. The number of benzene rings is 1. The zero-order chi connectivity index (χ0) is 23.5. The van der Waals surface area contributed by atoms with E-state index in [4.69, 9.17) is 0 Å². The normalized spacial score (nSPS) is 11.9. The van der Waals surface area contributed by atoms with Gasteiger partial charge in [0.05, 0.1) is 6.54 Å². The van der Waals surface area contributed by atoms with Crippen molar-refractivity contribution in [2.75, 3.05) is 6.54 Å². The lowest BCUT2D eigenvalue weighted by atomic mass is 10.1. The Bertz CT molecular complexity index is 850. The zero-order valence-corrected chi connectivity index (χ0v) is 20.7. The van der Waals surface area contributed by atoms with E-state index in [2.05, 4.69) is 6.92 Å². The molecule has 1 atom stereocenters. The van der Waals surface area contributed by atoms with Gasteiger partial charge in [-0.3, -0.25) is 9.59 Å². The third kappa shape index (κ3) is 8.05. The van der Waals surface area contributed by atoms with Crippen LogP contribution in [0.5, 0.6) is 0 Å². The van der Waals surface area contributed by atoms with E-state index in [1.807, 2.05) is 32.2 Å². The number of rotatable bonds is 13. The van der Waals surface area contributed by atoms with Gasteiger partial charge in [-0.05, 0) is 61.4 Å². The summed E-state index contributed by atoms with van der Waals surface area (Å²) in [5.41, 5.74) is 2.02. The number of carbonyl (C=O) groups is 2. The Hall–Kier alpha value is -2.21. The number of aryl methyl sites for hydroxylation is 1. The van der Waals surface area contributed by atoms with Gasteiger partial charge in [-0.15, -0.1) is 11.3 Å². The molecule has 4 nitrogen and oxygen atoms in total. The second-order valence-electron chi connectivity index (χ2n) is 8.49. The quantitative estimate of drug-likeness (QED) is 0.328. The van der Waals surface area contributed by atoms with Crippen molar-refractivity contribution in [1.82, 2.24) is 9.80 Å². The topological polar surface area (TPSA) is 40.6 Å². The summed E-state index contributed by atoms with van der Waals surface area (Å²) in [6.07, 6.45) is 5.44. The highest BCUT2D eigenvalue weighted by molar-refractivity contribution is 7.10. The minimum absolute atomic E-state index is 0.00812. The summed E-state index contributed by atoms with van der Waals surface area (Å²) in [7, 11) is 0. The van der Waals surface area contributed by atoms with Crippen LogP contribution in [0.1, 0.15) is 75.3 Å². The van der Waals surface area contributed by atoms with Crippen molar-refractivity contribution in [1.29, 1.82) is 0 Å². The van der Waals surface area contributed by atoms with Crippen molar-refractivity contribution < 1.29 is 14.0 Å². The molecule has 1 aromatic carbocycles. The molecule has 0 fully saturated rings. The monoisotopic (exact) mass is 460 g/mol. The number of nitrogens with zero attached hydrogens (tertiary/aromatic N) is 2. The molecule has 32 heavy (non-hydrogen) atoms. The maximum atomic E-state index is 13.4. The molecule has 0 aliphatic rings. The highest BCUT2D eigenvalue weighted by atomic mass is 32.1. The molecule has 6 heteroatoms. The lowest BCUT2D eigenvalue weighted by Gasteiger charge is -2.31. The molecule has 0 radical (unpaired) electrons. The van der Waals surface area contributed by atoms with Gasteiger partial charge >= 0.3 is 0 Å². The van der Waals surface area contributed by atoms with Crippen LogP contribution in [0.15, 0.2) is 35.7 Å². The lowest BCUT2D eigenvalue weighted by Crippen LogP contribution is -2.46. The number of carbonyl (C=O) groups excluding carboxylic acids is 2. The van der Waals surface area contributed by atoms with Crippen LogP contribution in [0, 0.1) is 12.7 Å². The van der Waals surface area contributed by atoms with Crippen molar-refractivity contribution in [3.05, 3.63) is 57.5 Å². The molecule has 2 amide bonds. The van der Waals surface area contributed by atoms with Crippen molar-refractivity contribution in [2.24, 2.45) is 0 Å². The van der Waals surface area contributed by atoms with Crippen LogP contribution in [-0.4, -0.2) is 34.2 Å². The van der Waals surface area contributed by atoms with Gasteiger partial charge in [-0.2, -0.15) is 0 Å². The Morgan fingerprint density at radius 3 is 2.31 bits per heavy atom. The van der Waals surface area contributed by atoms with E-state index in [1.165, 1.54) is 12.1 Å². The molecule has 0 saturated heterocycles. The molecule has 1 unspecified atom stereocenters. The Morgan fingerprint density at radius 2 is 1.72 bits per heavy atom. The summed E-state index contributed by atoms with van der Waals surface area (Å²) < 4.78 is 13.4. The molecule has 0 saturated carbocycles. The van der Waals surface area contributed by atoms with Crippen LogP contribution in [0.4, 0.5) is 4.39 Å². The van der Waals surface area contributed by atoms with Crippen LogP contribution in [-0.2, 0) is 22.7 Å². The third-order valence-corrected chi connectivity index (χ3v) is 6.94. The average molecular weight is 461 g/mol. The first kappa shape index (κ1) is 26.0. The Balaban J connectivity index is 2.15. The van der Waals surface area contributed by atoms with Crippen molar-refractivity contribution in [3.63, 3.8) is 0 Å². The van der Waals surface area contributed by atoms with Gasteiger partial charge in [0.15, 0.2) is 0 Å². The molecule has 0 aliphatic heterocycles. The maximum absolute atomic E-state index is 13.4. The van der Waals surface area contributed by atoms with Crippen molar-refractivity contribution in [2.45, 2.75) is 85.4 Å². The lowest BCUT2D eigenvalue weighted by molar-refractivity contribution is -0.143. The summed E-state index contributed by atoms with van der Waals surface area (Å²) in [4.78, 5) is 31.0. The molecule has 0 spiro atoms. The van der Waals surface area contributed by atoms with Crippen molar-refractivity contribution in [3.8, 4) is 0 Å². The highest BCUT2D eigenvalue weighted by Crippen LogP contribution is 2.20. The number of hydrogen-bond acceptors (Lipinski definition) is 3. The first-order chi connectivity index (χ1) is 15.3. The molecular formula is C26H37FN2O2S. The fourth-order valence-electron chi connectivity index (χ4n) is 3.58. The van der Waals surface area contributed by atoms with E-state index >= 15 is 0 Å². The average Bonchev–Trinajstić information content (AvgIpc) is 3.19. The van der Waals surface area contributed by atoms with Crippen molar-refractivity contribution >= 4 is 23.2 Å². The number of unbranched alkanes of at least 4 members (excludes halogenated alkanes) is 3. The molecule has 1 heterocycles. The largest absolute Gasteiger partial charge is 0.332 e. The molecule has 2 aromatic rings. The standard InChI is InChI=1S/C26H37FN2O2S/c1-5-7-8-9-10-25(30)29(21(4)6-2)19-26(31)28(18-24-20(3)15-16-32-24)17-22-11-13-23(27)14-12-22/h11-16,21H,5-10,17-19H2,1-4H3. The Labute approximate surface area is 196 Å². The summed E-state index contributed by atoms with van der Waals surface area (Å²) in [6.45, 7) is 9.18. The van der Waals surface area contributed by atoms with Gasteiger partial charge in [-0.25, -0.2) is 4.39 Å². The maximum Gasteiger partial charge on any atom is 0.242 e. The predicted molar refractivity (Wildman–Crippen MR) is 130 cm³/mol. The Morgan fingerprint density at radius 1 is 1.00 bits per heavy atom. The molecule has 0 aliphatic carbocycles. The summed E-state index contributed by atoms with van der Waals surface area (Å²) in [6, 6.07) is 8.31. The number of hydrogen-bond donors (Lipinski definition) is 0. The van der Waals surface area contributed by atoms with E-state index in [0.717, 1.165) is 48.1 Å². The molecule has 0 N–H and O–H groups in total. The first-order valence-corrected chi connectivity index (χ1v) is 12.6. The number of halogens is 1. The van der Waals surface area contributed by atoms with E-state index in [1.54, 1.807) is 33.3 Å². The van der Waals surface area contributed by atoms with Gasteiger partial charge in [0.1, 0.15) is 12.4 Å². The number of amides is 2. The smallest absolute Gasteiger partial charge is 0.242 e. The van der Waals surface area contributed by atoms with Gasteiger partial charge in [0.25, 0.3) is 0 Å².